The zero-order chi connectivity index (χ0) is 13.8. The van der Waals surface area contributed by atoms with Crippen LogP contribution in [0.3, 0.4) is 0 Å². The van der Waals surface area contributed by atoms with E-state index in [1.807, 2.05) is 0 Å². The molecule has 4 N–H and O–H groups in total. The minimum atomic E-state index is -0.981. The third kappa shape index (κ3) is 3.03. The maximum atomic E-state index is 11.7. The van der Waals surface area contributed by atoms with Gasteiger partial charge in [-0.3, -0.25) is 14.6 Å². The van der Waals surface area contributed by atoms with Gasteiger partial charge >= 0.3 is 5.97 Å². The number of nitrogens with one attached hydrogen (secondary N) is 1. The molecule has 0 aliphatic carbocycles. The molecule has 2 rings (SSSR count). The normalized spacial score (nSPS) is 10.1. The number of amides is 1. The van der Waals surface area contributed by atoms with Crippen LogP contribution in [0.5, 0.6) is 0 Å². The van der Waals surface area contributed by atoms with Crippen molar-refractivity contribution in [2.24, 2.45) is 0 Å². The average Bonchev–Trinajstić information content (AvgIpc) is 2.77. The van der Waals surface area contributed by atoms with Crippen LogP contribution in [-0.2, 0) is 11.2 Å². The van der Waals surface area contributed by atoms with Gasteiger partial charge in [-0.15, -0.1) is 0 Å². The average molecular weight is 263 g/mol. The molecule has 0 unspecified atom stereocenters. The standard InChI is InChI=1S/C10H9N5O4/c11-9-8(14-19-15-9)10(18)13-6-2-1-5(12-4-6)3-7(16)17/h1-2,4H,3H2,(H2,11,15)(H,13,18)(H,16,17). The van der Waals surface area contributed by atoms with Crippen LogP contribution in [0.15, 0.2) is 23.0 Å². The van der Waals surface area contributed by atoms with Crippen LogP contribution in [0.2, 0.25) is 0 Å². The summed E-state index contributed by atoms with van der Waals surface area (Å²) in [6.45, 7) is 0. The SMILES string of the molecule is Nc1nonc1C(=O)Nc1ccc(CC(=O)O)nc1. The van der Waals surface area contributed by atoms with E-state index < -0.39 is 11.9 Å². The number of nitrogens with zero attached hydrogens (tertiary/aromatic N) is 3. The minimum Gasteiger partial charge on any atom is -0.481 e. The number of carboxylic acids is 1. The van der Waals surface area contributed by atoms with Crippen molar-refractivity contribution in [2.45, 2.75) is 6.42 Å². The summed E-state index contributed by atoms with van der Waals surface area (Å²) in [5, 5.41) is 17.7. The van der Waals surface area contributed by atoms with Crippen LogP contribution < -0.4 is 11.1 Å². The number of carbonyl (C=O) groups excluding carboxylic acids is 1. The van der Waals surface area contributed by atoms with Crippen molar-refractivity contribution in [2.75, 3.05) is 11.1 Å². The van der Waals surface area contributed by atoms with Gasteiger partial charge in [0.15, 0.2) is 0 Å². The minimum absolute atomic E-state index is 0.118. The lowest BCUT2D eigenvalue weighted by Gasteiger charge is -2.03. The van der Waals surface area contributed by atoms with Gasteiger partial charge in [0.2, 0.25) is 11.5 Å². The second kappa shape index (κ2) is 5.12. The smallest absolute Gasteiger partial charge is 0.309 e. The zero-order valence-corrected chi connectivity index (χ0v) is 9.53. The lowest BCUT2D eigenvalue weighted by atomic mass is 10.2. The number of hydrogen-bond donors (Lipinski definition) is 3. The molecule has 0 saturated heterocycles. The number of aliphatic carboxylic acids is 1. The molecule has 9 heteroatoms. The van der Waals surface area contributed by atoms with E-state index in [9.17, 15) is 9.59 Å². The Bertz CT molecular complexity index is 607. The molecule has 0 fully saturated rings. The molecule has 2 heterocycles. The van der Waals surface area contributed by atoms with Crippen molar-refractivity contribution in [3.05, 3.63) is 29.7 Å². The number of hydrogen-bond acceptors (Lipinski definition) is 7. The molecule has 19 heavy (non-hydrogen) atoms. The first-order chi connectivity index (χ1) is 9.06. The highest BCUT2D eigenvalue weighted by molar-refractivity contribution is 6.05. The molecule has 0 spiro atoms. The lowest BCUT2D eigenvalue weighted by molar-refractivity contribution is -0.136. The number of aromatic nitrogens is 3. The Kier molecular flexibility index (Phi) is 3.37. The Balaban J connectivity index is 2.06. The van der Waals surface area contributed by atoms with Gasteiger partial charge in [-0.2, -0.15) is 0 Å². The Morgan fingerprint density at radius 2 is 2.16 bits per heavy atom. The molecule has 0 aliphatic heterocycles. The number of pyridine rings is 1. The predicted molar refractivity (Wildman–Crippen MR) is 62.2 cm³/mol. The Hall–Kier alpha value is -2.97. The monoisotopic (exact) mass is 263 g/mol. The topological polar surface area (TPSA) is 144 Å². The molecule has 0 bridgehead atoms. The summed E-state index contributed by atoms with van der Waals surface area (Å²) in [4.78, 5) is 26.0. The fourth-order valence-corrected chi connectivity index (χ4v) is 1.30. The molecule has 2 aromatic rings. The van der Waals surface area contributed by atoms with Gasteiger partial charge in [0.05, 0.1) is 24.0 Å². The van der Waals surface area contributed by atoms with Gasteiger partial charge in [-0.05, 0) is 22.4 Å². The second-order valence-electron chi connectivity index (χ2n) is 3.56. The van der Waals surface area contributed by atoms with Crippen molar-refractivity contribution < 1.29 is 19.3 Å². The van der Waals surface area contributed by atoms with Crippen molar-refractivity contribution in [3.8, 4) is 0 Å². The van der Waals surface area contributed by atoms with E-state index in [0.717, 1.165) is 0 Å². The molecule has 9 nitrogen and oxygen atoms in total. The Morgan fingerprint density at radius 1 is 1.37 bits per heavy atom. The van der Waals surface area contributed by atoms with Gasteiger partial charge in [0.25, 0.3) is 5.91 Å². The molecule has 0 radical (unpaired) electrons. The van der Waals surface area contributed by atoms with Gasteiger partial charge in [-0.1, -0.05) is 0 Å². The number of nitrogen functional groups attached to an aromatic ring is 1. The predicted octanol–water partition coefficient (Wildman–Crippen LogP) is -0.0738. The van der Waals surface area contributed by atoms with Crippen molar-refractivity contribution in [3.63, 3.8) is 0 Å². The maximum absolute atomic E-state index is 11.7. The summed E-state index contributed by atoms with van der Waals surface area (Å²) >= 11 is 0. The van der Waals surface area contributed by atoms with Gasteiger partial charge < -0.3 is 16.2 Å². The number of carbonyl (C=O) groups is 2. The number of nitrogens with two attached hydrogens (primary N) is 1. The van der Waals surface area contributed by atoms with E-state index >= 15 is 0 Å². The summed E-state index contributed by atoms with van der Waals surface area (Å²) in [6.07, 6.45) is 1.15. The van der Waals surface area contributed by atoms with Crippen LogP contribution in [0.1, 0.15) is 16.2 Å². The van der Waals surface area contributed by atoms with Crippen LogP contribution in [0, 0.1) is 0 Å². The van der Waals surface area contributed by atoms with E-state index in [-0.39, 0.29) is 17.9 Å². The summed E-state index contributed by atoms with van der Waals surface area (Å²) in [5.41, 5.74) is 5.99. The van der Waals surface area contributed by atoms with E-state index in [1.54, 1.807) is 0 Å². The first-order valence-electron chi connectivity index (χ1n) is 5.12. The van der Waals surface area contributed by atoms with Gasteiger partial charge in [-0.25, -0.2) is 4.63 Å². The van der Waals surface area contributed by atoms with E-state index in [4.69, 9.17) is 10.8 Å². The molecule has 0 aliphatic rings. The van der Waals surface area contributed by atoms with E-state index in [0.29, 0.717) is 11.4 Å². The van der Waals surface area contributed by atoms with Crippen LogP contribution in [0.25, 0.3) is 0 Å². The lowest BCUT2D eigenvalue weighted by Crippen LogP contribution is -2.14. The fraction of sp³-hybridized carbons (Fsp3) is 0.100. The first kappa shape index (κ1) is 12.5. The van der Waals surface area contributed by atoms with Crippen LogP contribution in [0.4, 0.5) is 11.5 Å². The Morgan fingerprint density at radius 3 is 2.68 bits per heavy atom. The Labute approximate surface area is 106 Å². The maximum Gasteiger partial charge on any atom is 0.309 e. The number of rotatable bonds is 4. The molecular formula is C10H9N5O4. The molecule has 98 valence electrons. The second-order valence-corrected chi connectivity index (χ2v) is 3.56. The first-order valence-corrected chi connectivity index (χ1v) is 5.12. The quantitative estimate of drug-likeness (QED) is 0.694. The highest BCUT2D eigenvalue weighted by atomic mass is 16.6. The molecule has 1 amide bonds. The molecule has 0 saturated carbocycles. The van der Waals surface area contributed by atoms with Crippen molar-refractivity contribution in [1.82, 2.24) is 15.3 Å². The highest BCUT2D eigenvalue weighted by Crippen LogP contribution is 2.11. The summed E-state index contributed by atoms with van der Waals surface area (Å²) in [6, 6.07) is 3.01. The summed E-state index contributed by atoms with van der Waals surface area (Å²) < 4.78 is 4.30. The van der Waals surface area contributed by atoms with Gasteiger partial charge in [0, 0.05) is 0 Å². The van der Waals surface area contributed by atoms with Crippen LogP contribution >= 0.6 is 0 Å². The third-order valence-electron chi connectivity index (χ3n) is 2.14. The van der Waals surface area contributed by atoms with Crippen molar-refractivity contribution in [1.29, 1.82) is 0 Å². The molecule has 0 aromatic carbocycles. The van der Waals surface area contributed by atoms with Crippen molar-refractivity contribution >= 4 is 23.4 Å². The summed E-state index contributed by atoms with van der Waals surface area (Å²) in [5.74, 6) is -1.69. The highest BCUT2D eigenvalue weighted by Gasteiger charge is 2.16. The molecule has 0 atom stereocenters. The largest absolute Gasteiger partial charge is 0.481 e. The molecule has 2 aromatic heterocycles. The van der Waals surface area contributed by atoms with E-state index in [1.165, 1.54) is 18.3 Å². The fourth-order valence-electron chi connectivity index (χ4n) is 1.30. The third-order valence-corrected chi connectivity index (χ3v) is 2.14. The number of carboxylic acid groups (broad SMARTS) is 1. The van der Waals surface area contributed by atoms with E-state index in [2.05, 4.69) is 25.2 Å². The molecular weight excluding hydrogens is 254 g/mol. The number of anilines is 2. The van der Waals surface area contributed by atoms with Gasteiger partial charge in [0.1, 0.15) is 0 Å². The van der Waals surface area contributed by atoms with Crippen LogP contribution in [-0.4, -0.2) is 32.3 Å². The summed E-state index contributed by atoms with van der Waals surface area (Å²) in [7, 11) is 0. The zero-order valence-electron chi connectivity index (χ0n) is 9.53.